The van der Waals surface area contributed by atoms with Gasteiger partial charge in [-0.25, -0.2) is 0 Å². The highest BCUT2D eigenvalue weighted by atomic mass is 16.1. The Morgan fingerprint density at radius 3 is 2.35 bits per heavy atom. The molecule has 122 valence electrons. The Balaban J connectivity index is 2.08. The van der Waals surface area contributed by atoms with Gasteiger partial charge in [-0.1, -0.05) is 29.8 Å². The van der Waals surface area contributed by atoms with E-state index in [-0.39, 0.29) is 11.9 Å². The summed E-state index contributed by atoms with van der Waals surface area (Å²) in [4.78, 5) is 11.2. The summed E-state index contributed by atoms with van der Waals surface area (Å²) in [7, 11) is 0. The SMILES string of the molecule is CC(=O)Nc1cccc(C(C)NCc2c(C)cc(C)cc2C)c1. The van der Waals surface area contributed by atoms with Crippen molar-refractivity contribution in [2.24, 2.45) is 0 Å². The van der Waals surface area contributed by atoms with Crippen molar-refractivity contribution in [2.75, 3.05) is 5.32 Å². The summed E-state index contributed by atoms with van der Waals surface area (Å²) < 4.78 is 0. The van der Waals surface area contributed by atoms with E-state index in [0.717, 1.165) is 12.2 Å². The molecule has 0 bridgehead atoms. The topological polar surface area (TPSA) is 41.1 Å². The largest absolute Gasteiger partial charge is 0.326 e. The predicted molar refractivity (Wildman–Crippen MR) is 96.7 cm³/mol. The second-order valence-electron chi connectivity index (χ2n) is 6.29. The summed E-state index contributed by atoms with van der Waals surface area (Å²) in [6.45, 7) is 11.0. The first-order valence-electron chi connectivity index (χ1n) is 8.04. The number of aryl methyl sites for hydroxylation is 3. The Morgan fingerprint density at radius 1 is 1.09 bits per heavy atom. The molecule has 0 aliphatic heterocycles. The van der Waals surface area contributed by atoms with Crippen molar-refractivity contribution in [3.63, 3.8) is 0 Å². The third-order valence-corrected chi connectivity index (χ3v) is 4.13. The number of benzene rings is 2. The zero-order valence-corrected chi connectivity index (χ0v) is 14.7. The summed E-state index contributed by atoms with van der Waals surface area (Å²) in [5.41, 5.74) is 7.33. The highest BCUT2D eigenvalue weighted by Gasteiger charge is 2.09. The molecule has 2 aromatic carbocycles. The molecule has 0 saturated carbocycles. The third kappa shape index (κ3) is 4.67. The van der Waals surface area contributed by atoms with E-state index >= 15 is 0 Å². The van der Waals surface area contributed by atoms with E-state index in [2.05, 4.69) is 56.5 Å². The molecule has 3 nitrogen and oxygen atoms in total. The Hall–Kier alpha value is -2.13. The van der Waals surface area contributed by atoms with Crippen LogP contribution in [0, 0.1) is 20.8 Å². The Morgan fingerprint density at radius 2 is 1.74 bits per heavy atom. The Kier molecular flexibility index (Phi) is 5.56. The number of hydrogen-bond acceptors (Lipinski definition) is 2. The molecule has 3 heteroatoms. The first-order valence-corrected chi connectivity index (χ1v) is 8.04. The molecule has 0 radical (unpaired) electrons. The average Bonchev–Trinajstić information content (AvgIpc) is 2.45. The molecule has 0 saturated heterocycles. The molecule has 1 amide bonds. The summed E-state index contributed by atoms with van der Waals surface area (Å²) in [6, 6.07) is 12.7. The number of amides is 1. The molecular weight excluding hydrogens is 284 g/mol. The van der Waals surface area contributed by atoms with E-state index in [1.54, 1.807) is 0 Å². The minimum absolute atomic E-state index is 0.0475. The smallest absolute Gasteiger partial charge is 0.221 e. The lowest BCUT2D eigenvalue weighted by Crippen LogP contribution is -2.19. The van der Waals surface area contributed by atoms with Gasteiger partial charge in [-0.05, 0) is 62.1 Å². The summed E-state index contributed by atoms with van der Waals surface area (Å²) in [5, 5.41) is 6.42. The van der Waals surface area contributed by atoms with E-state index in [1.165, 1.54) is 34.7 Å². The molecule has 0 fully saturated rings. The van der Waals surface area contributed by atoms with Gasteiger partial charge in [0, 0.05) is 25.2 Å². The molecular formula is C20H26N2O. The molecule has 1 unspecified atom stereocenters. The molecule has 2 N–H and O–H groups in total. The van der Waals surface area contributed by atoms with Crippen LogP contribution in [0.15, 0.2) is 36.4 Å². The molecule has 0 aliphatic carbocycles. The van der Waals surface area contributed by atoms with Crippen LogP contribution in [0.1, 0.15) is 47.7 Å². The van der Waals surface area contributed by atoms with Crippen LogP contribution in [0.2, 0.25) is 0 Å². The lowest BCUT2D eigenvalue weighted by molar-refractivity contribution is -0.114. The lowest BCUT2D eigenvalue weighted by Gasteiger charge is -2.18. The van der Waals surface area contributed by atoms with Crippen LogP contribution >= 0.6 is 0 Å². The highest BCUT2D eigenvalue weighted by molar-refractivity contribution is 5.88. The van der Waals surface area contributed by atoms with Crippen LogP contribution in [0.5, 0.6) is 0 Å². The Bertz CT molecular complexity index is 684. The Labute approximate surface area is 139 Å². The maximum Gasteiger partial charge on any atom is 0.221 e. The molecule has 1 atom stereocenters. The molecule has 0 aromatic heterocycles. The van der Waals surface area contributed by atoms with Crippen molar-refractivity contribution in [2.45, 2.75) is 47.2 Å². The van der Waals surface area contributed by atoms with Crippen LogP contribution in [-0.2, 0) is 11.3 Å². The number of hydrogen-bond donors (Lipinski definition) is 2. The van der Waals surface area contributed by atoms with E-state index < -0.39 is 0 Å². The molecule has 0 spiro atoms. The molecule has 0 aliphatic rings. The van der Waals surface area contributed by atoms with Gasteiger partial charge in [0.25, 0.3) is 0 Å². The number of nitrogens with one attached hydrogen (secondary N) is 2. The zero-order chi connectivity index (χ0) is 17.0. The van der Waals surface area contributed by atoms with Crippen molar-refractivity contribution in [3.8, 4) is 0 Å². The van der Waals surface area contributed by atoms with Crippen LogP contribution in [0.3, 0.4) is 0 Å². The quantitative estimate of drug-likeness (QED) is 0.858. The van der Waals surface area contributed by atoms with E-state index in [0.29, 0.717) is 0 Å². The maximum absolute atomic E-state index is 11.2. The minimum Gasteiger partial charge on any atom is -0.326 e. The van der Waals surface area contributed by atoms with Crippen molar-refractivity contribution in [1.29, 1.82) is 0 Å². The highest BCUT2D eigenvalue weighted by Crippen LogP contribution is 2.20. The monoisotopic (exact) mass is 310 g/mol. The van der Waals surface area contributed by atoms with Crippen molar-refractivity contribution >= 4 is 11.6 Å². The van der Waals surface area contributed by atoms with Gasteiger partial charge < -0.3 is 10.6 Å². The fourth-order valence-corrected chi connectivity index (χ4v) is 2.95. The van der Waals surface area contributed by atoms with Gasteiger partial charge in [0.05, 0.1) is 0 Å². The van der Waals surface area contributed by atoms with Gasteiger partial charge in [0.15, 0.2) is 0 Å². The van der Waals surface area contributed by atoms with Crippen molar-refractivity contribution in [3.05, 3.63) is 64.2 Å². The van der Waals surface area contributed by atoms with Crippen molar-refractivity contribution in [1.82, 2.24) is 5.32 Å². The molecule has 2 aromatic rings. The first kappa shape index (κ1) is 17.2. The number of rotatable bonds is 5. The van der Waals surface area contributed by atoms with Gasteiger partial charge in [-0.2, -0.15) is 0 Å². The third-order valence-electron chi connectivity index (χ3n) is 4.13. The van der Waals surface area contributed by atoms with Crippen LogP contribution in [0.4, 0.5) is 5.69 Å². The fraction of sp³-hybridized carbons (Fsp3) is 0.350. The van der Waals surface area contributed by atoms with Gasteiger partial charge >= 0.3 is 0 Å². The average molecular weight is 310 g/mol. The standard InChI is InChI=1S/C20H26N2O/c1-13-9-14(2)20(15(3)10-13)12-21-16(4)18-7-6-8-19(11-18)22-17(5)23/h6-11,16,21H,12H2,1-5H3,(H,22,23). The predicted octanol–water partition coefficient (Wildman–Crippen LogP) is 4.42. The van der Waals surface area contributed by atoms with Crippen LogP contribution in [-0.4, -0.2) is 5.91 Å². The van der Waals surface area contributed by atoms with Gasteiger partial charge in [0.2, 0.25) is 5.91 Å². The van der Waals surface area contributed by atoms with E-state index in [9.17, 15) is 4.79 Å². The minimum atomic E-state index is -0.0475. The second kappa shape index (κ2) is 7.42. The normalized spacial score (nSPS) is 12.0. The summed E-state index contributed by atoms with van der Waals surface area (Å²) in [6.07, 6.45) is 0. The van der Waals surface area contributed by atoms with E-state index in [1.807, 2.05) is 18.2 Å². The van der Waals surface area contributed by atoms with Gasteiger partial charge in [-0.3, -0.25) is 4.79 Å². The molecule has 2 rings (SSSR count). The second-order valence-corrected chi connectivity index (χ2v) is 6.29. The molecule has 23 heavy (non-hydrogen) atoms. The van der Waals surface area contributed by atoms with Gasteiger partial charge in [0.1, 0.15) is 0 Å². The fourth-order valence-electron chi connectivity index (χ4n) is 2.95. The lowest BCUT2D eigenvalue weighted by atomic mass is 9.99. The first-order chi connectivity index (χ1) is 10.9. The zero-order valence-electron chi connectivity index (χ0n) is 14.7. The summed E-state index contributed by atoms with van der Waals surface area (Å²) in [5.74, 6) is -0.0475. The number of carbonyl (C=O) groups is 1. The van der Waals surface area contributed by atoms with Crippen molar-refractivity contribution < 1.29 is 4.79 Å². The van der Waals surface area contributed by atoms with Crippen LogP contribution in [0.25, 0.3) is 0 Å². The molecule has 0 heterocycles. The van der Waals surface area contributed by atoms with E-state index in [4.69, 9.17) is 0 Å². The number of carbonyl (C=O) groups excluding carboxylic acids is 1. The maximum atomic E-state index is 11.2. The van der Waals surface area contributed by atoms with Crippen LogP contribution < -0.4 is 10.6 Å². The number of anilines is 1. The summed E-state index contributed by atoms with van der Waals surface area (Å²) >= 11 is 0. The van der Waals surface area contributed by atoms with Gasteiger partial charge in [-0.15, -0.1) is 0 Å².